The van der Waals surface area contributed by atoms with Gasteiger partial charge in [0.15, 0.2) is 0 Å². The van der Waals surface area contributed by atoms with Gasteiger partial charge in [0, 0.05) is 25.3 Å². The normalized spacial score (nSPS) is 20.1. The molecule has 1 saturated heterocycles. The van der Waals surface area contributed by atoms with E-state index < -0.39 is 0 Å². The second kappa shape index (κ2) is 4.92. The number of hydrogen-bond acceptors (Lipinski definition) is 3. The number of nitrogens with one attached hydrogen (secondary N) is 1. The Morgan fingerprint density at radius 2 is 2.16 bits per heavy atom. The lowest BCUT2D eigenvalue weighted by atomic mass is 10.1. The Balaban J connectivity index is 1.49. The third-order valence-electron chi connectivity index (χ3n) is 3.94. The largest absolute Gasteiger partial charge is 0.335 e. The molecule has 0 unspecified atom stereocenters. The summed E-state index contributed by atoms with van der Waals surface area (Å²) in [5.41, 5.74) is 0.564. The SMILES string of the molecule is N#Cc1cnn(C2CN(C(=O)NC3CCCC3)C2)c1. The summed E-state index contributed by atoms with van der Waals surface area (Å²) in [7, 11) is 0. The molecule has 0 spiro atoms. The molecule has 1 N–H and O–H groups in total. The van der Waals surface area contributed by atoms with Gasteiger partial charge in [0.2, 0.25) is 0 Å². The van der Waals surface area contributed by atoms with E-state index in [4.69, 9.17) is 5.26 Å². The fraction of sp³-hybridized carbons (Fsp3) is 0.615. The molecule has 2 heterocycles. The summed E-state index contributed by atoms with van der Waals surface area (Å²) < 4.78 is 1.78. The summed E-state index contributed by atoms with van der Waals surface area (Å²) in [6, 6.07) is 2.66. The Morgan fingerprint density at radius 3 is 2.79 bits per heavy atom. The average molecular weight is 259 g/mol. The molecular weight excluding hydrogens is 242 g/mol. The van der Waals surface area contributed by atoms with Crippen molar-refractivity contribution >= 4 is 6.03 Å². The lowest BCUT2D eigenvalue weighted by Crippen LogP contribution is -2.55. The molecule has 1 aromatic rings. The van der Waals surface area contributed by atoms with Crippen molar-refractivity contribution in [1.82, 2.24) is 20.0 Å². The predicted octanol–water partition coefficient (Wildman–Crippen LogP) is 1.26. The lowest BCUT2D eigenvalue weighted by Gasteiger charge is -2.39. The Morgan fingerprint density at radius 1 is 1.42 bits per heavy atom. The minimum Gasteiger partial charge on any atom is -0.335 e. The van der Waals surface area contributed by atoms with Crippen LogP contribution in [-0.4, -0.2) is 39.8 Å². The van der Waals surface area contributed by atoms with Crippen molar-refractivity contribution in [1.29, 1.82) is 5.26 Å². The van der Waals surface area contributed by atoms with Crippen LogP contribution in [0.5, 0.6) is 0 Å². The molecule has 2 fully saturated rings. The average Bonchev–Trinajstić information content (AvgIpc) is 2.98. The fourth-order valence-corrected chi connectivity index (χ4v) is 2.72. The zero-order chi connectivity index (χ0) is 13.2. The molecule has 0 bridgehead atoms. The standard InChI is InChI=1S/C13H17N5O/c14-5-10-6-15-18(7-10)12-8-17(9-12)13(19)16-11-3-1-2-4-11/h6-7,11-12H,1-4,8-9H2,(H,16,19). The Hall–Kier alpha value is -2.03. The van der Waals surface area contributed by atoms with Crippen molar-refractivity contribution in [2.24, 2.45) is 0 Å². The third-order valence-corrected chi connectivity index (χ3v) is 3.94. The minimum absolute atomic E-state index is 0.0378. The number of rotatable bonds is 2. The molecule has 0 aromatic carbocycles. The number of hydrogen-bond donors (Lipinski definition) is 1. The number of carbonyl (C=O) groups is 1. The van der Waals surface area contributed by atoms with Crippen LogP contribution in [0.4, 0.5) is 4.79 Å². The Kier molecular flexibility index (Phi) is 3.11. The molecule has 1 aliphatic carbocycles. The minimum atomic E-state index is 0.0378. The van der Waals surface area contributed by atoms with Crippen LogP contribution in [0.25, 0.3) is 0 Å². The molecular formula is C13H17N5O. The van der Waals surface area contributed by atoms with E-state index in [9.17, 15) is 4.79 Å². The number of nitriles is 1. The number of aromatic nitrogens is 2. The number of likely N-dealkylation sites (tertiary alicyclic amines) is 1. The smallest absolute Gasteiger partial charge is 0.317 e. The van der Waals surface area contributed by atoms with E-state index in [-0.39, 0.29) is 12.1 Å². The van der Waals surface area contributed by atoms with Gasteiger partial charge in [-0.15, -0.1) is 0 Å². The molecule has 2 aliphatic rings. The quantitative estimate of drug-likeness (QED) is 0.869. The van der Waals surface area contributed by atoms with Crippen LogP contribution in [0.3, 0.4) is 0 Å². The number of amides is 2. The summed E-state index contributed by atoms with van der Waals surface area (Å²) in [4.78, 5) is 13.8. The monoisotopic (exact) mass is 259 g/mol. The highest BCUT2D eigenvalue weighted by atomic mass is 16.2. The zero-order valence-corrected chi connectivity index (χ0v) is 10.7. The Labute approximate surface area is 112 Å². The first-order valence-electron chi connectivity index (χ1n) is 6.76. The molecule has 0 radical (unpaired) electrons. The van der Waals surface area contributed by atoms with Gasteiger partial charge in [0.05, 0.1) is 17.8 Å². The van der Waals surface area contributed by atoms with Crippen LogP contribution in [-0.2, 0) is 0 Å². The maximum Gasteiger partial charge on any atom is 0.317 e. The number of nitrogens with zero attached hydrogens (tertiary/aromatic N) is 4. The van der Waals surface area contributed by atoms with Crippen LogP contribution in [0.15, 0.2) is 12.4 Å². The van der Waals surface area contributed by atoms with Crippen molar-refractivity contribution in [2.75, 3.05) is 13.1 Å². The summed E-state index contributed by atoms with van der Waals surface area (Å²) in [5, 5.41) is 16.0. The van der Waals surface area contributed by atoms with Crippen LogP contribution < -0.4 is 5.32 Å². The molecule has 3 rings (SSSR count). The molecule has 6 heteroatoms. The summed E-state index contributed by atoms with van der Waals surface area (Å²) >= 11 is 0. The maximum absolute atomic E-state index is 12.0. The zero-order valence-electron chi connectivity index (χ0n) is 10.7. The van der Waals surface area contributed by atoms with Crippen LogP contribution >= 0.6 is 0 Å². The molecule has 0 atom stereocenters. The van der Waals surface area contributed by atoms with E-state index in [1.165, 1.54) is 12.8 Å². The first-order valence-corrected chi connectivity index (χ1v) is 6.76. The first kappa shape index (κ1) is 12.0. The molecule has 6 nitrogen and oxygen atoms in total. The number of carbonyl (C=O) groups excluding carboxylic acids is 1. The lowest BCUT2D eigenvalue weighted by molar-refractivity contribution is 0.116. The van der Waals surface area contributed by atoms with Crippen LogP contribution in [0.2, 0.25) is 0 Å². The van der Waals surface area contributed by atoms with Gasteiger partial charge in [-0.05, 0) is 12.8 Å². The van der Waals surface area contributed by atoms with Gasteiger partial charge in [-0.1, -0.05) is 12.8 Å². The van der Waals surface area contributed by atoms with Crippen LogP contribution in [0.1, 0.15) is 37.3 Å². The molecule has 2 amide bonds. The van der Waals surface area contributed by atoms with Crippen molar-refractivity contribution in [3.63, 3.8) is 0 Å². The second-order valence-electron chi connectivity index (χ2n) is 5.31. The van der Waals surface area contributed by atoms with Crippen molar-refractivity contribution in [3.05, 3.63) is 18.0 Å². The van der Waals surface area contributed by atoms with Gasteiger partial charge in [-0.25, -0.2) is 4.79 Å². The first-order chi connectivity index (χ1) is 9.26. The van der Waals surface area contributed by atoms with Crippen LogP contribution in [0, 0.1) is 11.3 Å². The van der Waals surface area contributed by atoms with Gasteiger partial charge in [0.25, 0.3) is 0 Å². The summed E-state index contributed by atoms with van der Waals surface area (Å²) in [5.74, 6) is 0. The van der Waals surface area contributed by atoms with E-state index in [0.717, 1.165) is 12.8 Å². The van der Waals surface area contributed by atoms with Crippen molar-refractivity contribution < 1.29 is 4.79 Å². The van der Waals surface area contributed by atoms with Gasteiger partial charge < -0.3 is 10.2 Å². The second-order valence-corrected chi connectivity index (χ2v) is 5.31. The third kappa shape index (κ3) is 2.41. The highest BCUT2D eigenvalue weighted by molar-refractivity contribution is 5.75. The van der Waals surface area contributed by atoms with E-state index in [2.05, 4.69) is 16.5 Å². The summed E-state index contributed by atoms with van der Waals surface area (Å²) in [6.07, 6.45) is 7.94. The van der Waals surface area contributed by atoms with Crippen molar-refractivity contribution in [3.8, 4) is 6.07 Å². The van der Waals surface area contributed by atoms with Gasteiger partial charge in [-0.2, -0.15) is 10.4 Å². The van der Waals surface area contributed by atoms with E-state index in [1.807, 2.05) is 0 Å². The number of urea groups is 1. The van der Waals surface area contributed by atoms with E-state index in [1.54, 1.807) is 22.0 Å². The van der Waals surface area contributed by atoms with Crippen molar-refractivity contribution in [2.45, 2.75) is 37.8 Å². The topological polar surface area (TPSA) is 74.0 Å². The van der Waals surface area contributed by atoms with Gasteiger partial charge in [0.1, 0.15) is 6.07 Å². The Bertz CT molecular complexity index is 505. The molecule has 1 aliphatic heterocycles. The molecule has 19 heavy (non-hydrogen) atoms. The highest BCUT2D eigenvalue weighted by Gasteiger charge is 2.33. The predicted molar refractivity (Wildman–Crippen MR) is 68.3 cm³/mol. The molecule has 1 saturated carbocycles. The van der Waals surface area contributed by atoms with Gasteiger partial charge in [-0.3, -0.25) is 4.68 Å². The molecule has 100 valence electrons. The van der Waals surface area contributed by atoms with Gasteiger partial charge >= 0.3 is 6.03 Å². The van der Waals surface area contributed by atoms with E-state index >= 15 is 0 Å². The fourth-order valence-electron chi connectivity index (χ4n) is 2.72. The highest BCUT2D eigenvalue weighted by Crippen LogP contribution is 2.22. The maximum atomic E-state index is 12.0. The van der Waals surface area contributed by atoms with E-state index in [0.29, 0.717) is 24.7 Å². The summed E-state index contributed by atoms with van der Waals surface area (Å²) in [6.45, 7) is 1.34. The molecule has 1 aromatic heterocycles.